The van der Waals surface area contributed by atoms with Crippen molar-refractivity contribution in [2.24, 2.45) is 0 Å². The number of nitrogens with zero attached hydrogens (tertiary/aromatic N) is 2. The summed E-state index contributed by atoms with van der Waals surface area (Å²) in [5.41, 5.74) is 2.08. The van der Waals surface area contributed by atoms with Crippen molar-refractivity contribution in [3.63, 3.8) is 0 Å². The maximum atomic E-state index is 11.5. The van der Waals surface area contributed by atoms with Crippen LogP contribution in [0.25, 0.3) is 22.3 Å². The molecule has 3 N–H and O–H groups in total. The van der Waals surface area contributed by atoms with Gasteiger partial charge in [0.2, 0.25) is 0 Å². The first kappa shape index (κ1) is 13.9. The fourth-order valence-electron chi connectivity index (χ4n) is 2.38. The Kier molecular flexibility index (Phi) is 3.17. The average molecular weight is 299 g/mol. The molecule has 2 aromatic heterocycles. The summed E-state index contributed by atoms with van der Waals surface area (Å²) in [6.07, 6.45) is 0. The molecule has 7 heteroatoms. The number of aromatic amines is 1. The van der Waals surface area contributed by atoms with Crippen molar-refractivity contribution in [3.05, 3.63) is 35.5 Å². The number of benzene rings is 1. The number of carboxylic acids is 1. The quantitative estimate of drug-likeness (QED) is 0.685. The van der Waals surface area contributed by atoms with Crippen molar-refractivity contribution < 1.29 is 19.7 Å². The van der Waals surface area contributed by atoms with E-state index in [-0.39, 0.29) is 11.3 Å². The van der Waals surface area contributed by atoms with Gasteiger partial charge in [-0.2, -0.15) is 5.10 Å². The maximum Gasteiger partial charge on any atom is 0.336 e. The van der Waals surface area contributed by atoms with Crippen LogP contribution in [0.4, 0.5) is 0 Å². The number of phenolic OH excluding ortho intramolecular Hbond substituents is 1. The first-order chi connectivity index (χ1) is 10.5. The van der Waals surface area contributed by atoms with E-state index < -0.39 is 5.97 Å². The third-order valence-corrected chi connectivity index (χ3v) is 3.40. The highest BCUT2D eigenvalue weighted by atomic mass is 16.5. The zero-order valence-corrected chi connectivity index (χ0v) is 11.9. The van der Waals surface area contributed by atoms with Crippen LogP contribution >= 0.6 is 0 Å². The van der Waals surface area contributed by atoms with E-state index in [2.05, 4.69) is 15.2 Å². The molecule has 0 spiro atoms. The van der Waals surface area contributed by atoms with E-state index in [0.29, 0.717) is 33.7 Å². The number of aromatic hydroxyl groups is 1. The highest BCUT2D eigenvalue weighted by Crippen LogP contribution is 2.34. The fourth-order valence-corrected chi connectivity index (χ4v) is 2.38. The predicted octanol–water partition coefficient (Wildman–Crippen LogP) is 2.35. The minimum Gasteiger partial charge on any atom is -0.508 e. The Labute approximate surface area is 125 Å². The second-order valence-corrected chi connectivity index (χ2v) is 4.78. The Bertz CT molecular complexity index is 886. The van der Waals surface area contributed by atoms with Gasteiger partial charge in [0.05, 0.1) is 29.4 Å². The number of rotatable bonds is 3. The van der Waals surface area contributed by atoms with Crippen LogP contribution in [0.1, 0.15) is 16.1 Å². The molecule has 0 atom stereocenters. The third kappa shape index (κ3) is 2.12. The number of aromatic nitrogens is 3. The number of pyridine rings is 1. The van der Waals surface area contributed by atoms with Gasteiger partial charge in [-0.05, 0) is 25.1 Å². The Morgan fingerprint density at radius 1 is 1.32 bits per heavy atom. The van der Waals surface area contributed by atoms with Crippen LogP contribution in [0.5, 0.6) is 11.5 Å². The number of phenols is 1. The standard InChI is InChI=1S/C15H13N3O4/c1-7-13-10(15(20)21)6-11(16-14(13)18-17-7)9-4-3-8(19)5-12(9)22-2/h3-6,19H,1-2H3,(H,20,21)(H,16,17,18). The monoisotopic (exact) mass is 299 g/mol. The van der Waals surface area contributed by atoms with Crippen molar-refractivity contribution >= 4 is 17.0 Å². The predicted molar refractivity (Wildman–Crippen MR) is 79.2 cm³/mol. The van der Waals surface area contributed by atoms with Crippen LogP contribution in [0, 0.1) is 6.92 Å². The van der Waals surface area contributed by atoms with Gasteiger partial charge >= 0.3 is 5.97 Å². The van der Waals surface area contributed by atoms with Gasteiger partial charge in [0.15, 0.2) is 5.65 Å². The van der Waals surface area contributed by atoms with E-state index in [1.54, 1.807) is 13.0 Å². The Morgan fingerprint density at radius 2 is 2.09 bits per heavy atom. The number of carbonyl (C=O) groups is 1. The zero-order valence-electron chi connectivity index (χ0n) is 11.9. The van der Waals surface area contributed by atoms with Crippen LogP contribution in [0.3, 0.4) is 0 Å². The molecule has 3 aromatic rings. The lowest BCUT2D eigenvalue weighted by Gasteiger charge is -2.09. The summed E-state index contributed by atoms with van der Waals surface area (Å²) >= 11 is 0. The van der Waals surface area contributed by atoms with Crippen molar-refractivity contribution in [3.8, 4) is 22.8 Å². The molecule has 0 bridgehead atoms. The number of carboxylic acid groups (broad SMARTS) is 1. The summed E-state index contributed by atoms with van der Waals surface area (Å²) in [5, 5.41) is 26.2. The van der Waals surface area contributed by atoms with E-state index in [1.807, 2.05) is 0 Å². The first-order valence-electron chi connectivity index (χ1n) is 6.47. The number of methoxy groups -OCH3 is 1. The average Bonchev–Trinajstić information content (AvgIpc) is 2.87. The normalized spacial score (nSPS) is 10.8. The van der Waals surface area contributed by atoms with E-state index in [1.165, 1.54) is 25.3 Å². The van der Waals surface area contributed by atoms with Crippen molar-refractivity contribution in [2.45, 2.75) is 6.92 Å². The molecular formula is C15H13N3O4. The largest absolute Gasteiger partial charge is 0.508 e. The summed E-state index contributed by atoms with van der Waals surface area (Å²) in [5.74, 6) is -0.604. The van der Waals surface area contributed by atoms with Crippen LogP contribution in [-0.2, 0) is 0 Å². The van der Waals surface area contributed by atoms with Crippen molar-refractivity contribution in [2.75, 3.05) is 7.11 Å². The van der Waals surface area contributed by atoms with Gasteiger partial charge in [-0.3, -0.25) is 5.10 Å². The van der Waals surface area contributed by atoms with Crippen molar-refractivity contribution in [1.82, 2.24) is 15.2 Å². The van der Waals surface area contributed by atoms with Gasteiger partial charge in [-0.15, -0.1) is 0 Å². The molecule has 3 rings (SSSR count). The van der Waals surface area contributed by atoms with Gasteiger partial charge in [-0.1, -0.05) is 0 Å². The zero-order chi connectivity index (χ0) is 15.9. The highest BCUT2D eigenvalue weighted by molar-refractivity contribution is 6.04. The molecule has 0 saturated carbocycles. The number of aromatic carboxylic acids is 1. The molecule has 0 aliphatic heterocycles. The minimum absolute atomic E-state index is 0.0533. The van der Waals surface area contributed by atoms with E-state index in [0.717, 1.165) is 0 Å². The summed E-state index contributed by atoms with van der Waals surface area (Å²) in [4.78, 5) is 15.9. The molecule has 22 heavy (non-hydrogen) atoms. The van der Waals surface area contributed by atoms with Gasteiger partial charge in [0, 0.05) is 11.6 Å². The molecule has 0 unspecified atom stereocenters. The number of hydrogen-bond donors (Lipinski definition) is 3. The van der Waals surface area contributed by atoms with Gasteiger partial charge in [0.25, 0.3) is 0 Å². The molecule has 112 valence electrons. The second-order valence-electron chi connectivity index (χ2n) is 4.78. The molecule has 0 amide bonds. The molecule has 2 heterocycles. The fraction of sp³-hybridized carbons (Fsp3) is 0.133. The third-order valence-electron chi connectivity index (χ3n) is 3.40. The molecule has 0 fully saturated rings. The lowest BCUT2D eigenvalue weighted by atomic mass is 10.0. The van der Waals surface area contributed by atoms with E-state index >= 15 is 0 Å². The van der Waals surface area contributed by atoms with Crippen LogP contribution in [0.15, 0.2) is 24.3 Å². The minimum atomic E-state index is -1.06. The molecule has 0 aliphatic rings. The SMILES string of the molecule is COc1cc(O)ccc1-c1cc(C(=O)O)c2c(C)n[nH]c2n1. The number of nitrogens with one attached hydrogen (secondary N) is 1. The summed E-state index contributed by atoms with van der Waals surface area (Å²) in [6, 6.07) is 6.03. The summed E-state index contributed by atoms with van der Waals surface area (Å²) in [6.45, 7) is 1.72. The molecule has 1 aromatic carbocycles. The summed E-state index contributed by atoms with van der Waals surface area (Å²) < 4.78 is 5.22. The first-order valence-corrected chi connectivity index (χ1v) is 6.47. The smallest absolute Gasteiger partial charge is 0.336 e. The van der Waals surface area contributed by atoms with Gasteiger partial charge in [-0.25, -0.2) is 9.78 Å². The van der Waals surface area contributed by atoms with Crippen molar-refractivity contribution in [1.29, 1.82) is 0 Å². The Balaban J connectivity index is 2.31. The van der Waals surface area contributed by atoms with Crippen LogP contribution in [-0.4, -0.2) is 38.5 Å². The Hall–Kier alpha value is -3.09. The van der Waals surface area contributed by atoms with Gasteiger partial charge < -0.3 is 14.9 Å². The molecular weight excluding hydrogens is 286 g/mol. The van der Waals surface area contributed by atoms with Gasteiger partial charge in [0.1, 0.15) is 11.5 Å². The van der Waals surface area contributed by atoms with E-state index in [9.17, 15) is 15.0 Å². The maximum absolute atomic E-state index is 11.5. The topological polar surface area (TPSA) is 108 Å². The molecule has 0 radical (unpaired) electrons. The molecule has 0 saturated heterocycles. The number of fused-ring (bicyclic) bond motifs is 1. The molecule has 7 nitrogen and oxygen atoms in total. The lowest BCUT2D eigenvalue weighted by Crippen LogP contribution is -2.00. The number of aryl methyl sites for hydroxylation is 1. The Morgan fingerprint density at radius 3 is 2.77 bits per heavy atom. The number of hydrogen-bond acceptors (Lipinski definition) is 5. The van der Waals surface area contributed by atoms with Crippen LogP contribution < -0.4 is 4.74 Å². The van der Waals surface area contributed by atoms with E-state index in [4.69, 9.17) is 4.74 Å². The highest BCUT2D eigenvalue weighted by Gasteiger charge is 2.18. The number of H-pyrrole nitrogens is 1. The summed E-state index contributed by atoms with van der Waals surface area (Å²) in [7, 11) is 1.47. The van der Waals surface area contributed by atoms with Crippen LogP contribution in [0.2, 0.25) is 0 Å². The second kappa shape index (κ2) is 5.03. The lowest BCUT2D eigenvalue weighted by molar-refractivity contribution is 0.0699. The number of ether oxygens (including phenoxy) is 1. The molecule has 0 aliphatic carbocycles.